The van der Waals surface area contributed by atoms with Gasteiger partial charge in [0.05, 0.1) is 0 Å². The molecule has 2 heterocycles. The molecular weight excluding hydrogens is 222 g/mol. The highest BCUT2D eigenvalue weighted by Crippen LogP contribution is 2.23. The molecule has 106 valence electrons. The van der Waals surface area contributed by atoms with Gasteiger partial charge in [-0.25, -0.2) is 0 Å². The van der Waals surface area contributed by atoms with Gasteiger partial charge in [0.1, 0.15) is 0 Å². The maximum absolute atomic E-state index is 3.52. The zero-order valence-corrected chi connectivity index (χ0v) is 12.5. The Balaban J connectivity index is 1.61. The fourth-order valence-corrected chi connectivity index (χ4v) is 3.31. The highest BCUT2D eigenvalue weighted by molar-refractivity contribution is 4.79. The summed E-state index contributed by atoms with van der Waals surface area (Å²) in [6, 6.07) is 0. The van der Waals surface area contributed by atoms with Crippen LogP contribution in [-0.2, 0) is 0 Å². The van der Waals surface area contributed by atoms with E-state index < -0.39 is 0 Å². The standard InChI is InChI=1S/C15H31N3/c1-13(4-5-15-11-16-10-14(15)2)12-18-8-6-17(3)7-9-18/h13-16H,4-12H2,1-3H3/t13?,14-,15?/m1/s1. The van der Waals surface area contributed by atoms with Gasteiger partial charge in [0.25, 0.3) is 0 Å². The molecule has 2 saturated heterocycles. The Kier molecular flexibility index (Phi) is 5.46. The van der Waals surface area contributed by atoms with Crippen molar-refractivity contribution in [3.8, 4) is 0 Å². The number of piperazine rings is 1. The Morgan fingerprint density at radius 3 is 2.50 bits per heavy atom. The zero-order valence-electron chi connectivity index (χ0n) is 12.5. The second kappa shape index (κ2) is 6.88. The summed E-state index contributed by atoms with van der Waals surface area (Å²) in [5.74, 6) is 2.68. The molecule has 0 aromatic carbocycles. The molecule has 0 saturated carbocycles. The third-order valence-corrected chi connectivity index (χ3v) is 4.87. The molecular formula is C15H31N3. The van der Waals surface area contributed by atoms with E-state index in [9.17, 15) is 0 Å². The first kappa shape index (κ1) is 14.3. The molecule has 0 aromatic rings. The summed E-state index contributed by atoms with van der Waals surface area (Å²) in [5.41, 5.74) is 0. The van der Waals surface area contributed by atoms with E-state index in [1.165, 1.54) is 58.7 Å². The van der Waals surface area contributed by atoms with E-state index in [0.29, 0.717) is 0 Å². The summed E-state index contributed by atoms with van der Waals surface area (Å²) in [6.45, 7) is 13.7. The number of likely N-dealkylation sites (N-methyl/N-ethyl adjacent to an activating group) is 1. The number of hydrogen-bond donors (Lipinski definition) is 1. The maximum atomic E-state index is 3.52. The topological polar surface area (TPSA) is 18.5 Å². The first-order chi connectivity index (χ1) is 8.65. The van der Waals surface area contributed by atoms with E-state index in [2.05, 4.69) is 36.0 Å². The molecule has 0 spiro atoms. The number of nitrogens with zero attached hydrogens (tertiary/aromatic N) is 2. The monoisotopic (exact) mass is 253 g/mol. The fraction of sp³-hybridized carbons (Fsp3) is 1.00. The molecule has 2 rings (SSSR count). The Bertz CT molecular complexity index is 236. The molecule has 2 unspecified atom stereocenters. The summed E-state index contributed by atoms with van der Waals surface area (Å²) >= 11 is 0. The van der Waals surface area contributed by atoms with Gasteiger partial charge >= 0.3 is 0 Å². The summed E-state index contributed by atoms with van der Waals surface area (Å²) in [4.78, 5) is 5.09. The predicted molar refractivity (Wildman–Crippen MR) is 77.9 cm³/mol. The minimum absolute atomic E-state index is 0.862. The molecule has 3 heteroatoms. The van der Waals surface area contributed by atoms with Crippen molar-refractivity contribution in [3.63, 3.8) is 0 Å². The van der Waals surface area contributed by atoms with Crippen LogP contribution in [0.3, 0.4) is 0 Å². The van der Waals surface area contributed by atoms with Gasteiger partial charge in [-0.3, -0.25) is 0 Å². The molecule has 0 amide bonds. The third-order valence-electron chi connectivity index (χ3n) is 4.87. The smallest absolute Gasteiger partial charge is 0.0110 e. The molecule has 0 radical (unpaired) electrons. The average molecular weight is 253 g/mol. The molecule has 1 N–H and O–H groups in total. The normalized spacial score (nSPS) is 32.8. The van der Waals surface area contributed by atoms with Crippen LogP contribution in [0, 0.1) is 17.8 Å². The van der Waals surface area contributed by atoms with E-state index in [4.69, 9.17) is 0 Å². The molecule has 18 heavy (non-hydrogen) atoms. The minimum Gasteiger partial charge on any atom is -0.316 e. The molecule has 0 bridgehead atoms. The van der Waals surface area contributed by atoms with Crippen molar-refractivity contribution in [2.45, 2.75) is 26.7 Å². The van der Waals surface area contributed by atoms with E-state index in [-0.39, 0.29) is 0 Å². The average Bonchev–Trinajstić information content (AvgIpc) is 2.75. The van der Waals surface area contributed by atoms with Crippen molar-refractivity contribution in [1.29, 1.82) is 0 Å². The van der Waals surface area contributed by atoms with Crippen LogP contribution < -0.4 is 5.32 Å². The van der Waals surface area contributed by atoms with E-state index in [0.717, 1.165) is 17.8 Å². The molecule has 0 aromatic heterocycles. The van der Waals surface area contributed by atoms with Crippen LogP contribution in [0.15, 0.2) is 0 Å². The van der Waals surface area contributed by atoms with Crippen molar-refractivity contribution in [2.24, 2.45) is 17.8 Å². The molecule has 2 fully saturated rings. The van der Waals surface area contributed by atoms with Gasteiger partial charge in [0.15, 0.2) is 0 Å². The van der Waals surface area contributed by atoms with E-state index in [1.807, 2.05) is 0 Å². The molecule has 0 aliphatic carbocycles. The van der Waals surface area contributed by atoms with Crippen LogP contribution >= 0.6 is 0 Å². The lowest BCUT2D eigenvalue weighted by atomic mass is 9.90. The predicted octanol–water partition coefficient (Wildman–Crippen LogP) is 1.51. The summed E-state index contributed by atoms with van der Waals surface area (Å²) < 4.78 is 0. The minimum atomic E-state index is 0.862. The Hall–Kier alpha value is -0.120. The summed E-state index contributed by atoms with van der Waals surface area (Å²) in [5, 5.41) is 3.52. The second-order valence-corrected chi connectivity index (χ2v) is 6.68. The van der Waals surface area contributed by atoms with E-state index >= 15 is 0 Å². The van der Waals surface area contributed by atoms with Gasteiger partial charge in [0, 0.05) is 32.7 Å². The fourth-order valence-electron chi connectivity index (χ4n) is 3.31. The van der Waals surface area contributed by atoms with Gasteiger partial charge < -0.3 is 15.1 Å². The third kappa shape index (κ3) is 4.22. The van der Waals surface area contributed by atoms with Crippen LogP contribution in [0.25, 0.3) is 0 Å². The Morgan fingerprint density at radius 2 is 1.89 bits per heavy atom. The van der Waals surface area contributed by atoms with Gasteiger partial charge in [-0.15, -0.1) is 0 Å². The largest absolute Gasteiger partial charge is 0.316 e. The lowest BCUT2D eigenvalue weighted by Crippen LogP contribution is -2.45. The highest BCUT2D eigenvalue weighted by atomic mass is 15.2. The van der Waals surface area contributed by atoms with Gasteiger partial charge in [-0.1, -0.05) is 13.8 Å². The van der Waals surface area contributed by atoms with Crippen molar-refractivity contribution in [2.75, 3.05) is 52.9 Å². The summed E-state index contributed by atoms with van der Waals surface area (Å²) in [7, 11) is 2.23. The van der Waals surface area contributed by atoms with Crippen molar-refractivity contribution >= 4 is 0 Å². The lowest BCUT2D eigenvalue weighted by Gasteiger charge is -2.34. The molecule has 2 aliphatic heterocycles. The first-order valence-corrected chi connectivity index (χ1v) is 7.76. The van der Waals surface area contributed by atoms with Crippen molar-refractivity contribution in [1.82, 2.24) is 15.1 Å². The number of hydrogen-bond acceptors (Lipinski definition) is 3. The zero-order chi connectivity index (χ0) is 13.0. The number of nitrogens with one attached hydrogen (secondary N) is 1. The SMILES string of the molecule is CC(CCC1CNC[C@H]1C)CN1CCN(C)CC1. The van der Waals surface area contributed by atoms with Crippen LogP contribution in [-0.4, -0.2) is 62.7 Å². The Labute approximate surface area is 113 Å². The molecule has 3 atom stereocenters. The summed E-state index contributed by atoms with van der Waals surface area (Å²) in [6.07, 6.45) is 2.83. The van der Waals surface area contributed by atoms with Crippen molar-refractivity contribution < 1.29 is 0 Å². The van der Waals surface area contributed by atoms with Crippen LogP contribution in [0.1, 0.15) is 26.7 Å². The second-order valence-electron chi connectivity index (χ2n) is 6.68. The van der Waals surface area contributed by atoms with Crippen LogP contribution in [0.5, 0.6) is 0 Å². The van der Waals surface area contributed by atoms with E-state index in [1.54, 1.807) is 0 Å². The number of rotatable bonds is 5. The van der Waals surface area contributed by atoms with Gasteiger partial charge in [0.2, 0.25) is 0 Å². The van der Waals surface area contributed by atoms with Gasteiger partial charge in [-0.05, 0) is 50.7 Å². The quantitative estimate of drug-likeness (QED) is 0.801. The first-order valence-electron chi connectivity index (χ1n) is 7.76. The lowest BCUT2D eigenvalue weighted by molar-refractivity contribution is 0.135. The van der Waals surface area contributed by atoms with Crippen molar-refractivity contribution in [3.05, 3.63) is 0 Å². The van der Waals surface area contributed by atoms with Crippen LogP contribution in [0.2, 0.25) is 0 Å². The maximum Gasteiger partial charge on any atom is 0.0110 e. The highest BCUT2D eigenvalue weighted by Gasteiger charge is 2.23. The van der Waals surface area contributed by atoms with Gasteiger partial charge in [-0.2, -0.15) is 0 Å². The molecule has 2 aliphatic rings. The van der Waals surface area contributed by atoms with Crippen LogP contribution in [0.4, 0.5) is 0 Å². The Morgan fingerprint density at radius 1 is 1.17 bits per heavy atom. The molecule has 3 nitrogen and oxygen atoms in total.